The van der Waals surface area contributed by atoms with Crippen molar-refractivity contribution in [3.8, 4) is 0 Å². The van der Waals surface area contributed by atoms with E-state index in [1.165, 1.54) is 6.07 Å². The number of halogens is 2. The maximum absolute atomic E-state index is 13.6. The molecule has 3 nitrogen and oxygen atoms in total. The van der Waals surface area contributed by atoms with Gasteiger partial charge in [-0.2, -0.15) is 0 Å². The van der Waals surface area contributed by atoms with Crippen molar-refractivity contribution in [1.82, 2.24) is 4.90 Å². The second kappa shape index (κ2) is 5.44. The van der Waals surface area contributed by atoms with E-state index < -0.39 is 11.6 Å². The van der Waals surface area contributed by atoms with Crippen molar-refractivity contribution in [3.63, 3.8) is 0 Å². The maximum Gasteiger partial charge on any atom is 0.163 e. The van der Waals surface area contributed by atoms with Crippen LogP contribution in [0.5, 0.6) is 0 Å². The number of rotatable bonds is 6. The zero-order valence-electron chi connectivity index (χ0n) is 10.1. The van der Waals surface area contributed by atoms with E-state index in [2.05, 4.69) is 4.90 Å². The van der Waals surface area contributed by atoms with Crippen LogP contribution in [0.4, 0.5) is 8.78 Å². The standard InChI is InChI=1S/C13H17F2N3/c14-11-3-1-2-9(13(11)15)8-18(10-4-5-10)7-6-12(16)17/h1-3,10H,4-8H2,(H3,16,17). The summed E-state index contributed by atoms with van der Waals surface area (Å²) in [6, 6.07) is 4.66. The number of benzene rings is 1. The van der Waals surface area contributed by atoms with Crippen LogP contribution in [0, 0.1) is 17.0 Å². The Morgan fingerprint density at radius 2 is 2.11 bits per heavy atom. The molecule has 1 aliphatic carbocycles. The van der Waals surface area contributed by atoms with Gasteiger partial charge in [0.2, 0.25) is 0 Å². The Bertz CT molecular complexity index is 444. The van der Waals surface area contributed by atoms with E-state index in [0.717, 1.165) is 18.9 Å². The van der Waals surface area contributed by atoms with Crippen LogP contribution in [0.15, 0.2) is 18.2 Å². The lowest BCUT2D eigenvalue weighted by molar-refractivity contribution is 0.257. The third kappa shape index (κ3) is 3.26. The molecular weight excluding hydrogens is 236 g/mol. The first kappa shape index (κ1) is 13.0. The van der Waals surface area contributed by atoms with E-state index in [-0.39, 0.29) is 5.84 Å². The first-order valence-electron chi connectivity index (χ1n) is 6.07. The number of nitrogens with zero attached hydrogens (tertiary/aromatic N) is 1. The van der Waals surface area contributed by atoms with Crippen LogP contribution in [0.2, 0.25) is 0 Å². The highest BCUT2D eigenvalue weighted by molar-refractivity contribution is 5.76. The van der Waals surface area contributed by atoms with Gasteiger partial charge in [-0.15, -0.1) is 0 Å². The first-order chi connectivity index (χ1) is 8.58. The molecule has 0 aliphatic heterocycles. The zero-order valence-corrected chi connectivity index (χ0v) is 10.1. The van der Waals surface area contributed by atoms with E-state index in [0.29, 0.717) is 31.1 Å². The van der Waals surface area contributed by atoms with E-state index in [4.69, 9.17) is 11.1 Å². The van der Waals surface area contributed by atoms with E-state index in [1.807, 2.05) is 0 Å². The minimum absolute atomic E-state index is 0.125. The Morgan fingerprint density at radius 3 is 2.72 bits per heavy atom. The molecule has 0 atom stereocenters. The van der Waals surface area contributed by atoms with Gasteiger partial charge >= 0.3 is 0 Å². The predicted octanol–water partition coefficient (Wildman–Crippen LogP) is 2.26. The summed E-state index contributed by atoms with van der Waals surface area (Å²) in [5.74, 6) is -1.46. The van der Waals surface area contributed by atoms with E-state index in [1.54, 1.807) is 6.07 Å². The Kier molecular flexibility index (Phi) is 3.91. The highest BCUT2D eigenvalue weighted by atomic mass is 19.2. The zero-order chi connectivity index (χ0) is 13.1. The van der Waals surface area contributed by atoms with Crippen LogP contribution >= 0.6 is 0 Å². The lowest BCUT2D eigenvalue weighted by Crippen LogP contribution is -2.30. The average Bonchev–Trinajstić information content (AvgIpc) is 3.13. The minimum atomic E-state index is -0.810. The van der Waals surface area contributed by atoms with E-state index >= 15 is 0 Å². The topological polar surface area (TPSA) is 53.1 Å². The molecule has 98 valence electrons. The predicted molar refractivity (Wildman–Crippen MR) is 66.3 cm³/mol. The van der Waals surface area contributed by atoms with Crippen molar-refractivity contribution in [2.24, 2.45) is 5.73 Å². The Hall–Kier alpha value is -1.49. The molecule has 18 heavy (non-hydrogen) atoms. The van der Waals surface area contributed by atoms with E-state index in [9.17, 15) is 8.78 Å². The monoisotopic (exact) mass is 253 g/mol. The number of nitrogens with one attached hydrogen (secondary N) is 1. The SMILES string of the molecule is N=C(N)CCN(Cc1cccc(F)c1F)C1CC1. The molecule has 5 heteroatoms. The Morgan fingerprint density at radius 1 is 1.39 bits per heavy atom. The molecule has 0 radical (unpaired) electrons. The van der Waals surface area contributed by atoms with Crippen LogP contribution in [-0.4, -0.2) is 23.3 Å². The van der Waals surface area contributed by atoms with Crippen LogP contribution in [0.1, 0.15) is 24.8 Å². The molecule has 0 amide bonds. The van der Waals surface area contributed by atoms with Gasteiger partial charge in [-0.25, -0.2) is 8.78 Å². The quantitative estimate of drug-likeness (QED) is 0.603. The molecule has 1 aromatic rings. The Labute approximate surface area is 105 Å². The van der Waals surface area contributed by atoms with Crippen molar-refractivity contribution in [3.05, 3.63) is 35.4 Å². The highest BCUT2D eigenvalue weighted by Gasteiger charge is 2.29. The fraction of sp³-hybridized carbons (Fsp3) is 0.462. The number of hydrogen-bond acceptors (Lipinski definition) is 2. The molecule has 2 rings (SSSR count). The highest BCUT2D eigenvalue weighted by Crippen LogP contribution is 2.29. The lowest BCUT2D eigenvalue weighted by atomic mass is 10.2. The number of hydrogen-bond donors (Lipinski definition) is 2. The molecule has 1 aliphatic rings. The second-order valence-corrected chi connectivity index (χ2v) is 4.69. The average molecular weight is 253 g/mol. The summed E-state index contributed by atoms with van der Waals surface area (Å²) in [7, 11) is 0. The first-order valence-corrected chi connectivity index (χ1v) is 6.07. The minimum Gasteiger partial charge on any atom is -0.388 e. The van der Waals surface area contributed by atoms with Crippen LogP contribution < -0.4 is 5.73 Å². The third-order valence-electron chi connectivity index (χ3n) is 3.14. The number of nitrogens with two attached hydrogens (primary N) is 1. The van der Waals surface area contributed by atoms with Crippen molar-refractivity contribution in [1.29, 1.82) is 5.41 Å². The van der Waals surface area contributed by atoms with Gasteiger partial charge in [0.05, 0.1) is 5.84 Å². The summed E-state index contributed by atoms with van der Waals surface area (Å²) in [4.78, 5) is 2.07. The van der Waals surface area contributed by atoms with Gasteiger partial charge in [-0.1, -0.05) is 12.1 Å². The lowest BCUT2D eigenvalue weighted by Gasteiger charge is -2.22. The smallest absolute Gasteiger partial charge is 0.163 e. The third-order valence-corrected chi connectivity index (χ3v) is 3.14. The van der Waals surface area contributed by atoms with Crippen LogP contribution in [-0.2, 0) is 6.54 Å². The summed E-state index contributed by atoms with van der Waals surface area (Å²) in [5, 5.41) is 7.22. The summed E-state index contributed by atoms with van der Waals surface area (Å²) in [6.45, 7) is 0.998. The normalized spacial score (nSPS) is 15.1. The van der Waals surface area contributed by atoms with Crippen LogP contribution in [0.3, 0.4) is 0 Å². The van der Waals surface area contributed by atoms with Gasteiger partial charge in [0.25, 0.3) is 0 Å². The van der Waals surface area contributed by atoms with Gasteiger partial charge < -0.3 is 5.73 Å². The van der Waals surface area contributed by atoms with Crippen molar-refractivity contribution in [2.45, 2.75) is 31.8 Å². The molecule has 3 N–H and O–H groups in total. The Balaban J connectivity index is 2.04. The summed E-state index contributed by atoms with van der Waals surface area (Å²) in [6.07, 6.45) is 2.62. The number of amidine groups is 1. The molecule has 0 bridgehead atoms. The molecule has 0 heterocycles. The summed E-state index contributed by atoms with van der Waals surface area (Å²) < 4.78 is 26.7. The fourth-order valence-electron chi connectivity index (χ4n) is 1.98. The summed E-state index contributed by atoms with van der Waals surface area (Å²) in [5.41, 5.74) is 5.70. The maximum atomic E-state index is 13.6. The molecule has 0 saturated heterocycles. The molecule has 1 saturated carbocycles. The summed E-state index contributed by atoms with van der Waals surface area (Å²) >= 11 is 0. The largest absolute Gasteiger partial charge is 0.388 e. The molecule has 0 aromatic heterocycles. The van der Waals surface area contributed by atoms with Gasteiger partial charge in [0.15, 0.2) is 11.6 Å². The molecule has 0 unspecified atom stereocenters. The molecule has 1 fully saturated rings. The fourth-order valence-corrected chi connectivity index (χ4v) is 1.98. The molecule has 1 aromatic carbocycles. The van der Waals surface area contributed by atoms with Gasteiger partial charge in [0, 0.05) is 31.1 Å². The second-order valence-electron chi connectivity index (χ2n) is 4.69. The molecular formula is C13H17F2N3. The van der Waals surface area contributed by atoms with Crippen molar-refractivity contribution >= 4 is 5.84 Å². The van der Waals surface area contributed by atoms with Gasteiger partial charge in [-0.3, -0.25) is 10.3 Å². The van der Waals surface area contributed by atoms with Crippen molar-refractivity contribution < 1.29 is 8.78 Å². The van der Waals surface area contributed by atoms with Gasteiger partial charge in [0.1, 0.15) is 0 Å². The molecule has 0 spiro atoms. The van der Waals surface area contributed by atoms with Crippen molar-refractivity contribution in [2.75, 3.05) is 6.54 Å². The van der Waals surface area contributed by atoms with Gasteiger partial charge in [-0.05, 0) is 18.9 Å². The van der Waals surface area contributed by atoms with Crippen LogP contribution in [0.25, 0.3) is 0 Å².